The van der Waals surface area contributed by atoms with Gasteiger partial charge in [0.1, 0.15) is 5.75 Å². The van der Waals surface area contributed by atoms with Gasteiger partial charge in [0.15, 0.2) is 0 Å². The molecule has 0 spiro atoms. The third-order valence-corrected chi connectivity index (χ3v) is 3.73. The first-order valence-corrected chi connectivity index (χ1v) is 7.86. The zero-order valence-electron chi connectivity index (χ0n) is 13.6. The van der Waals surface area contributed by atoms with Gasteiger partial charge in [-0.05, 0) is 56.7 Å². The van der Waals surface area contributed by atoms with Crippen molar-refractivity contribution in [2.24, 2.45) is 5.73 Å². The van der Waals surface area contributed by atoms with Crippen molar-refractivity contribution in [2.75, 3.05) is 19.8 Å². The summed E-state index contributed by atoms with van der Waals surface area (Å²) in [6.45, 7) is 6.22. The molecule has 0 aliphatic carbocycles. The van der Waals surface area contributed by atoms with Gasteiger partial charge in [-0.1, -0.05) is 17.7 Å². The largest absolute Gasteiger partial charge is 0.494 e. The molecule has 124 valence electrons. The van der Waals surface area contributed by atoms with E-state index in [2.05, 4.69) is 6.58 Å². The summed E-state index contributed by atoms with van der Waals surface area (Å²) in [6, 6.07) is 7.89. The minimum absolute atomic E-state index is 0.213. The van der Waals surface area contributed by atoms with Crippen LogP contribution in [0.4, 0.5) is 0 Å². The predicted octanol–water partition coefficient (Wildman–Crippen LogP) is 2.43. The minimum Gasteiger partial charge on any atom is -0.494 e. The highest BCUT2D eigenvalue weighted by molar-refractivity contribution is 5.27. The van der Waals surface area contributed by atoms with E-state index in [1.54, 1.807) is 0 Å². The average molecular weight is 307 g/mol. The monoisotopic (exact) mass is 307 g/mol. The maximum atomic E-state index is 9.17. The third-order valence-electron chi connectivity index (χ3n) is 3.73. The molecule has 0 saturated heterocycles. The molecule has 0 aliphatic heterocycles. The van der Waals surface area contributed by atoms with Gasteiger partial charge in [0.05, 0.1) is 25.4 Å². The molecule has 0 saturated carbocycles. The predicted molar refractivity (Wildman–Crippen MR) is 90.0 cm³/mol. The van der Waals surface area contributed by atoms with Gasteiger partial charge in [-0.3, -0.25) is 0 Å². The maximum absolute atomic E-state index is 9.17. The Hall–Kier alpha value is -1.36. The molecule has 1 rings (SSSR count). The van der Waals surface area contributed by atoms with E-state index in [1.807, 2.05) is 31.2 Å². The molecule has 0 aromatic heterocycles. The van der Waals surface area contributed by atoms with Crippen molar-refractivity contribution in [3.63, 3.8) is 0 Å². The van der Waals surface area contributed by atoms with Crippen LogP contribution >= 0.6 is 0 Å². The number of hydrogen-bond donors (Lipinski definition) is 3. The Balaban J connectivity index is 2.32. The topological polar surface area (TPSA) is 75.7 Å². The van der Waals surface area contributed by atoms with Crippen LogP contribution in [0.1, 0.15) is 38.2 Å². The molecule has 0 amide bonds. The lowest BCUT2D eigenvalue weighted by Crippen LogP contribution is -2.47. The number of aryl methyl sites for hydroxylation is 1. The maximum Gasteiger partial charge on any atom is 0.119 e. The fourth-order valence-electron chi connectivity index (χ4n) is 2.07. The molecule has 0 heterocycles. The van der Waals surface area contributed by atoms with Crippen LogP contribution in [0.5, 0.6) is 5.75 Å². The standard InChI is InChI=1S/C18H29NO3/c1-15(2)5-3-4-12-22-17-8-6-16(7-9-17)10-11-18(19,13-20)14-21/h6-9,20-21H,1,3-5,10-14,19H2,2H3. The summed E-state index contributed by atoms with van der Waals surface area (Å²) in [4.78, 5) is 0. The first-order valence-electron chi connectivity index (χ1n) is 7.86. The van der Waals surface area contributed by atoms with E-state index < -0.39 is 5.54 Å². The van der Waals surface area contributed by atoms with Gasteiger partial charge in [0.2, 0.25) is 0 Å². The van der Waals surface area contributed by atoms with Gasteiger partial charge < -0.3 is 20.7 Å². The highest BCUT2D eigenvalue weighted by atomic mass is 16.5. The van der Waals surface area contributed by atoms with Crippen LogP contribution in [-0.2, 0) is 6.42 Å². The van der Waals surface area contributed by atoms with Crippen LogP contribution in [-0.4, -0.2) is 35.6 Å². The molecule has 22 heavy (non-hydrogen) atoms. The van der Waals surface area contributed by atoms with Crippen LogP contribution in [0.25, 0.3) is 0 Å². The molecule has 0 bridgehead atoms. The summed E-state index contributed by atoms with van der Waals surface area (Å²) in [7, 11) is 0. The van der Waals surface area contributed by atoms with Gasteiger partial charge >= 0.3 is 0 Å². The molecule has 0 atom stereocenters. The van der Waals surface area contributed by atoms with Crippen LogP contribution in [0.15, 0.2) is 36.4 Å². The molecule has 4 N–H and O–H groups in total. The molecule has 0 fully saturated rings. The van der Waals surface area contributed by atoms with Crippen LogP contribution in [0, 0.1) is 0 Å². The van der Waals surface area contributed by atoms with Gasteiger partial charge in [-0.2, -0.15) is 0 Å². The second-order valence-corrected chi connectivity index (χ2v) is 6.09. The molecule has 4 heteroatoms. The van der Waals surface area contributed by atoms with Crippen LogP contribution in [0.3, 0.4) is 0 Å². The fraction of sp³-hybridized carbons (Fsp3) is 0.556. The van der Waals surface area contributed by atoms with Gasteiger partial charge in [-0.25, -0.2) is 0 Å². The van der Waals surface area contributed by atoms with E-state index in [9.17, 15) is 10.2 Å². The lowest BCUT2D eigenvalue weighted by molar-refractivity contribution is 0.115. The van der Waals surface area contributed by atoms with Gasteiger partial charge in [0, 0.05) is 0 Å². The van der Waals surface area contributed by atoms with Crippen molar-refractivity contribution in [1.82, 2.24) is 0 Å². The molecular formula is C18H29NO3. The second kappa shape index (κ2) is 9.62. The third kappa shape index (κ3) is 7.07. The molecule has 4 nitrogen and oxygen atoms in total. The summed E-state index contributed by atoms with van der Waals surface area (Å²) in [5.41, 5.74) is 7.29. The van der Waals surface area contributed by atoms with Crippen molar-refractivity contribution in [3.8, 4) is 5.75 Å². The Morgan fingerprint density at radius 2 is 1.82 bits per heavy atom. The summed E-state index contributed by atoms with van der Waals surface area (Å²) in [6.07, 6.45) is 4.45. The zero-order valence-corrected chi connectivity index (χ0v) is 13.6. The summed E-state index contributed by atoms with van der Waals surface area (Å²) < 4.78 is 5.70. The number of nitrogens with two attached hydrogens (primary N) is 1. The smallest absolute Gasteiger partial charge is 0.119 e. The highest BCUT2D eigenvalue weighted by Gasteiger charge is 2.22. The van der Waals surface area contributed by atoms with Gasteiger partial charge in [-0.15, -0.1) is 6.58 Å². The SMILES string of the molecule is C=C(C)CCCCOc1ccc(CCC(N)(CO)CO)cc1. The molecular weight excluding hydrogens is 278 g/mol. The lowest BCUT2D eigenvalue weighted by Gasteiger charge is -2.24. The zero-order chi connectivity index (χ0) is 16.4. The molecule has 0 aliphatic rings. The number of aliphatic hydroxyl groups excluding tert-OH is 2. The van der Waals surface area contributed by atoms with E-state index >= 15 is 0 Å². The number of hydrogen-bond acceptors (Lipinski definition) is 4. The number of aliphatic hydroxyl groups is 2. The molecule has 1 aromatic carbocycles. The fourth-order valence-corrected chi connectivity index (χ4v) is 2.07. The van der Waals surface area contributed by atoms with E-state index in [4.69, 9.17) is 10.5 Å². The van der Waals surface area contributed by atoms with Gasteiger partial charge in [0.25, 0.3) is 0 Å². The average Bonchev–Trinajstić information content (AvgIpc) is 2.53. The van der Waals surface area contributed by atoms with Crippen molar-refractivity contribution in [1.29, 1.82) is 0 Å². The number of allylic oxidation sites excluding steroid dienone is 1. The lowest BCUT2D eigenvalue weighted by atomic mass is 9.94. The number of rotatable bonds is 11. The number of benzene rings is 1. The Morgan fingerprint density at radius 1 is 1.18 bits per heavy atom. The van der Waals surface area contributed by atoms with Crippen LogP contribution in [0.2, 0.25) is 0 Å². The van der Waals surface area contributed by atoms with E-state index in [0.717, 1.165) is 37.0 Å². The number of ether oxygens (including phenoxy) is 1. The molecule has 0 radical (unpaired) electrons. The van der Waals surface area contributed by atoms with Crippen molar-refractivity contribution in [2.45, 2.75) is 44.6 Å². The second-order valence-electron chi connectivity index (χ2n) is 6.09. The van der Waals surface area contributed by atoms with Crippen molar-refractivity contribution in [3.05, 3.63) is 42.0 Å². The highest BCUT2D eigenvalue weighted by Crippen LogP contribution is 2.16. The minimum atomic E-state index is -0.904. The Kier molecular flexibility index (Phi) is 8.17. The van der Waals surface area contributed by atoms with Crippen LogP contribution < -0.4 is 10.5 Å². The number of unbranched alkanes of at least 4 members (excludes halogenated alkanes) is 1. The normalized spacial score (nSPS) is 11.5. The van der Waals surface area contributed by atoms with Crippen molar-refractivity contribution < 1.29 is 14.9 Å². The Morgan fingerprint density at radius 3 is 2.36 bits per heavy atom. The Labute approximate surface area is 133 Å². The van der Waals surface area contributed by atoms with E-state index in [0.29, 0.717) is 13.0 Å². The van der Waals surface area contributed by atoms with E-state index in [-0.39, 0.29) is 13.2 Å². The first-order chi connectivity index (χ1) is 10.5. The summed E-state index contributed by atoms with van der Waals surface area (Å²) in [5.74, 6) is 0.863. The summed E-state index contributed by atoms with van der Waals surface area (Å²) >= 11 is 0. The summed E-state index contributed by atoms with van der Waals surface area (Å²) in [5, 5.41) is 18.3. The molecule has 0 unspecified atom stereocenters. The van der Waals surface area contributed by atoms with Crippen molar-refractivity contribution >= 4 is 0 Å². The van der Waals surface area contributed by atoms with E-state index in [1.165, 1.54) is 5.57 Å². The quantitative estimate of drug-likeness (QED) is 0.433. The Bertz CT molecular complexity index is 438. The first kappa shape index (κ1) is 18.7. The molecule has 1 aromatic rings.